The van der Waals surface area contributed by atoms with Gasteiger partial charge >= 0.3 is 0 Å². The zero-order valence-electron chi connectivity index (χ0n) is 12.1. The molecule has 1 aromatic heterocycles. The molecule has 2 aliphatic heterocycles. The van der Waals surface area contributed by atoms with E-state index in [2.05, 4.69) is 22.2 Å². The molecule has 6 heteroatoms. The molecule has 0 aromatic carbocycles. The van der Waals surface area contributed by atoms with Crippen LogP contribution < -0.4 is 11.1 Å². The summed E-state index contributed by atoms with van der Waals surface area (Å²) >= 11 is 1.27. The maximum atomic E-state index is 12.2. The van der Waals surface area contributed by atoms with Crippen molar-refractivity contribution in [3.63, 3.8) is 0 Å². The van der Waals surface area contributed by atoms with Crippen LogP contribution in [0, 0.1) is 12.8 Å². The highest BCUT2D eigenvalue weighted by Gasteiger charge is 2.38. The van der Waals surface area contributed by atoms with Gasteiger partial charge in [0.2, 0.25) is 0 Å². The number of rotatable bonds is 3. The molecule has 0 radical (unpaired) electrons. The van der Waals surface area contributed by atoms with Crippen molar-refractivity contribution in [1.29, 1.82) is 0 Å². The summed E-state index contributed by atoms with van der Waals surface area (Å²) in [5.41, 5.74) is 6.37. The number of amides is 1. The molecule has 1 amide bonds. The number of nitrogen functional groups attached to an aromatic ring is 1. The number of aromatic nitrogens is 1. The Morgan fingerprint density at radius 1 is 1.45 bits per heavy atom. The number of carbonyl (C=O) groups excluding carboxylic acids is 1. The fourth-order valence-electron chi connectivity index (χ4n) is 3.64. The van der Waals surface area contributed by atoms with Crippen LogP contribution in [0.15, 0.2) is 0 Å². The number of fused-ring (bicyclic) bond motifs is 2. The number of nitrogens with zero attached hydrogens (tertiary/aromatic N) is 2. The predicted molar refractivity (Wildman–Crippen MR) is 80.9 cm³/mol. The largest absolute Gasteiger partial charge is 0.375 e. The second kappa shape index (κ2) is 5.33. The van der Waals surface area contributed by atoms with Crippen molar-refractivity contribution < 1.29 is 4.79 Å². The van der Waals surface area contributed by atoms with Gasteiger partial charge < -0.3 is 16.0 Å². The SMILES string of the molecule is Cc1nc(N)sc1C(=O)NCC1CC2CCC(C1)N2C. The molecule has 2 bridgehead atoms. The van der Waals surface area contributed by atoms with E-state index in [1.807, 2.05) is 6.92 Å². The molecule has 0 aliphatic carbocycles. The fraction of sp³-hybridized carbons (Fsp3) is 0.714. The van der Waals surface area contributed by atoms with Gasteiger partial charge in [-0.25, -0.2) is 4.98 Å². The number of carbonyl (C=O) groups is 1. The van der Waals surface area contributed by atoms with E-state index in [0.717, 1.165) is 24.3 Å². The highest BCUT2D eigenvalue weighted by molar-refractivity contribution is 7.17. The smallest absolute Gasteiger partial charge is 0.263 e. The molecule has 2 atom stereocenters. The van der Waals surface area contributed by atoms with Crippen molar-refractivity contribution in [1.82, 2.24) is 15.2 Å². The quantitative estimate of drug-likeness (QED) is 0.889. The van der Waals surface area contributed by atoms with Crippen LogP contribution >= 0.6 is 11.3 Å². The van der Waals surface area contributed by atoms with Gasteiger partial charge in [-0.3, -0.25) is 4.79 Å². The molecule has 0 saturated carbocycles. The maximum Gasteiger partial charge on any atom is 0.263 e. The first kappa shape index (κ1) is 13.8. The summed E-state index contributed by atoms with van der Waals surface area (Å²) in [6.45, 7) is 2.61. The van der Waals surface area contributed by atoms with Crippen LogP contribution in [0.2, 0.25) is 0 Å². The number of aryl methyl sites for hydroxylation is 1. The lowest BCUT2D eigenvalue weighted by molar-refractivity contribution is 0.0920. The molecule has 3 rings (SSSR count). The van der Waals surface area contributed by atoms with Gasteiger partial charge in [-0.15, -0.1) is 0 Å². The summed E-state index contributed by atoms with van der Waals surface area (Å²) < 4.78 is 0. The van der Waals surface area contributed by atoms with Crippen molar-refractivity contribution >= 4 is 22.4 Å². The molecular formula is C14H22N4OS. The van der Waals surface area contributed by atoms with Crippen molar-refractivity contribution in [2.24, 2.45) is 5.92 Å². The zero-order valence-corrected chi connectivity index (χ0v) is 12.9. The minimum atomic E-state index is -0.0250. The third-order valence-corrected chi connectivity index (χ3v) is 5.75. The summed E-state index contributed by atoms with van der Waals surface area (Å²) in [6, 6.07) is 1.44. The van der Waals surface area contributed by atoms with Crippen molar-refractivity contribution in [2.45, 2.75) is 44.7 Å². The molecule has 110 valence electrons. The van der Waals surface area contributed by atoms with Crippen LogP contribution in [0.4, 0.5) is 5.13 Å². The number of anilines is 1. The van der Waals surface area contributed by atoms with Gasteiger partial charge in [-0.2, -0.15) is 0 Å². The third-order valence-electron chi connectivity index (χ3n) is 4.77. The van der Waals surface area contributed by atoms with Crippen LogP contribution in [0.25, 0.3) is 0 Å². The number of piperidine rings is 1. The Morgan fingerprint density at radius 2 is 2.10 bits per heavy atom. The normalized spacial score (nSPS) is 29.6. The fourth-order valence-corrected chi connectivity index (χ4v) is 4.39. The van der Waals surface area contributed by atoms with E-state index in [4.69, 9.17) is 5.73 Å². The Hall–Kier alpha value is -1.14. The molecule has 3 N–H and O–H groups in total. The van der Waals surface area contributed by atoms with E-state index < -0.39 is 0 Å². The summed E-state index contributed by atoms with van der Waals surface area (Å²) in [7, 11) is 2.24. The Bertz CT molecular complexity index is 501. The number of hydrogen-bond acceptors (Lipinski definition) is 5. The second-order valence-corrected chi connectivity index (χ2v) is 7.10. The van der Waals surface area contributed by atoms with Crippen LogP contribution in [-0.4, -0.2) is 41.5 Å². The average Bonchev–Trinajstić information content (AvgIpc) is 2.83. The van der Waals surface area contributed by atoms with Gasteiger partial charge in [-0.1, -0.05) is 11.3 Å². The predicted octanol–water partition coefficient (Wildman–Crippen LogP) is 1.64. The Labute approximate surface area is 123 Å². The van der Waals surface area contributed by atoms with Crippen LogP contribution in [-0.2, 0) is 0 Å². The Morgan fingerprint density at radius 3 is 2.65 bits per heavy atom. The summed E-state index contributed by atoms with van der Waals surface area (Å²) in [5.74, 6) is 0.584. The standard InChI is InChI=1S/C14H22N4OS/c1-8-12(20-14(15)17-8)13(19)16-7-9-5-10-3-4-11(6-9)18(10)2/h9-11H,3-7H2,1-2H3,(H2,15,17)(H,16,19). The molecule has 20 heavy (non-hydrogen) atoms. The van der Waals surface area contributed by atoms with Crippen molar-refractivity contribution in [3.05, 3.63) is 10.6 Å². The Balaban J connectivity index is 1.55. The third kappa shape index (κ3) is 2.54. The summed E-state index contributed by atoms with van der Waals surface area (Å²) in [5, 5.41) is 3.53. The molecular weight excluding hydrogens is 272 g/mol. The number of thiazole rings is 1. The van der Waals surface area contributed by atoms with Crippen molar-refractivity contribution in [2.75, 3.05) is 19.3 Å². The van der Waals surface area contributed by atoms with Gasteiger partial charge in [0.15, 0.2) is 5.13 Å². The van der Waals surface area contributed by atoms with Gasteiger partial charge in [0, 0.05) is 18.6 Å². The van der Waals surface area contributed by atoms with Crippen LogP contribution in [0.1, 0.15) is 41.0 Å². The molecule has 5 nitrogen and oxygen atoms in total. The molecule has 0 spiro atoms. The molecule has 1 aromatic rings. The summed E-state index contributed by atoms with van der Waals surface area (Å²) in [4.78, 5) is 19.4. The van der Waals surface area contributed by atoms with E-state index >= 15 is 0 Å². The lowest BCUT2D eigenvalue weighted by Crippen LogP contribution is -2.43. The lowest BCUT2D eigenvalue weighted by atomic mass is 9.91. The lowest BCUT2D eigenvalue weighted by Gasteiger charge is -2.36. The first-order valence-electron chi connectivity index (χ1n) is 7.27. The topological polar surface area (TPSA) is 71.2 Å². The number of nitrogens with one attached hydrogen (secondary N) is 1. The van der Waals surface area contributed by atoms with Crippen molar-refractivity contribution in [3.8, 4) is 0 Å². The second-order valence-electron chi connectivity index (χ2n) is 6.06. The molecule has 2 aliphatic rings. The van der Waals surface area contributed by atoms with Gasteiger partial charge in [0.1, 0.15) is 4.88 Å². The van der Waals surface area contributed by atoms with Crippen LogP contribution in [0.5, 0.6) is 0 Å². The number of hydrogen-bond donors (Lipinski definition) is 2. The molecule has 2 fully saturated rings. The van der Waals surface area contributed by atoms with E-state index in [1.54, 1.807) is 0 Å². The van der Waals surface area contributed by atoms with E-state index in [1.165, 1.54) is 37.0 Å². The summed E-state index contributed by atoms with van der Waals surface area (Å²) in [6.07, 6.45) is 5.04. The maximum absolute atomic E-state index is 12.2. The molecule has 3 heterocycles. The molecule has 2 unspecified atom stereocenters. The monoisotopic (exact) mass is 294 g/mol. The molecule has 2 saturated heterocycles. The van der Waals surface area contributed by atoms with E-state index in [0.29, 0.717) is 15.9 Å². The Kier molecular flexibility index (Phi) is 3.69. The van der Waals surface area contributed by atoms with E-state index in [-0.39, 0.29) is 5.91 Å². The highest BCUT2D eigenvalue weighted by atomic mass is 32.1. The first-order chi connectivity index (χ1) is 9.54. The van der Waals surface area contributed by atoms with Crippen LogP contribution in [0.3, 0.4) is 0 Å². The number of nitrogens with two attached hydrogens (primary N) is 1. The van der Waals surface area contributed by atoms with Gasteiger partial charge in [0.05, 0.1) is 5.69 Å². The van der Waals surface area contributed by atoms with Gasteiger partial charge in [-0.05, 0) is 45.6 Å². The van der Waals surface area contributed by atoms with Gasteiger partial charge in [0.25, 0.3) is 5.91 Å². The van der Waals surface area contributed by atoms with E-state index in [9.17, 15) is 4.79 Å². The highest BCUT2D eigenvalue weighted by Crippen LogP contribution is 2.37. The zero-order chi connectivity index (χ0) is 14.3. The minimum absolute atomic E-state index is 0.0250. The minimum Gasteiger partial charge on any atom is -0.375 e. The first-order valence-corrected chi connectivity index (χ1v) is 8.09. The average molecular weight is 294 g/mol.